The molecule has 0 aromatic carbocycles. The van der Waals surface area contributed by atoms with Crippen LogP contribution in [0, 0.1) is 11.8 Å². The van der Waals surface area contributed by atoms with E-state index in [0.29, 0.717) is 51.1 Å². The highest BCUT2D eigenvalue weighted by molar-refractivity contribution is 5.80. The van der Waals surface area contributed by atoms with E-state index < -0.39 is 12.2 Å². The van der Waals surface area contributed by atoms with Gasteiger partial charge in [-0.3, -0.25) is 9.89 Å². The first-order valence-corrected chi connectivity index (χ1v) is 9.63. The van der Waals surface area contributed by atoms with Crippen LogP contribution in [0.15, 0.2) is 4.99 Å². The Hall–Kier alpha value is -1.02. The van der Waals surface area contributed by atoms with E-state index >= 15 is 0 Å². The standard InChI is InChI=1S/C18H35F3N4O/c1-5-22-17(23-13-16(6-11-26)12-14(2)3)25-9-7-24(8-10-25)15(4)18(19,20)21/h14-16,26H,5-13H2,1-4H3,(H,22,23). The van der Waals surface area contributed by atoms with Gasteiger partial charge in [-0.05, 0) is 38.5 Å². The van der Waals surface area contributed by atoms with Crippen LogP contribution in [0.4, 0.5) is 13.2 Å². The first-order chi connectivity index (χ1) is 12.2. The topological polar surface area (TPSA) is 51.1 Å². The second-order valence-corrected chi connectivity index (χ2v) is 7.44. The largest absolute Gasteiger partial charge is 0.403 e. The van der Waals surface area contributed by atoms with E-state index in [9.17, 15) is 18.3 Å². The van der Waals surface area contributed by atoms with Gasteiger partial charge in [0.15, 0.2) is 5.96 Å². The number of alkyl halides is 3. The van der Waals surface area contributed by atoms with Gasteiger partial charge in [0.05, 0.1) is 0 Å². The van der Waals surface area contributed by atoms with E-state index in [-0.39, 0.29) is 6.61 Å². The van der Waals surface area contributed by atoms with Gasteiger partial charge in [-0.25, -0.2) is 0 Å². The fourth-order valence-electron chi connectivity index (χ4n) is 3.30. The van der Waals surface area contributed by atoms with Crippen LogP contribution in [-0.4, -0.2) is 79.0 Å². The van der Waals surface area contributed by atoms with Crippen molar-refractivity contribution in [3.63, 3.8) is 0 Å². The van der Waals surface area contributed by atoms with Gasteiger partial charge < -0.3 is 15.3 Å². The predicted molar refractivity (Wildman–Crippen MR) is 99.3 cm³/mol. The zero-order valence-electron chi connectivity index (χ0n) is 16.5. The summed E-state index contributed by atoms with van der Waals surface area (Å²) in [5.74, 6) is 1.62. The highest BCUT2D eigenvalue weighted by Gasteiger charge is 2.41. The molecule has 154 valence electrons. The summed E-state index contributed by atoms with van der Waals surface area (Å²) in [6, 6.07) is -1.41. The molecule has 8 heteroatoms. The summed E-state index contributed by atoms with van der Waals surface area (Å²) < 4.78 is 38.7. The summed E-state index contributed by atoms with van der Waals surface area (Å²) in [5.41, 5.74) is 0. The number of halogens is 3. The van der Waals surface area contributed by atoms with Gasteiger partial charge in [0, 0.05) is 45.9 Å². The number of nitrogens with zero attached hydrogens (tertiary/aromatic N) is 3. The average molecular weight is 380 g/mol. The van der Waals surface area contributed by atoms with E-state index in [1.807, 2.05) is 11.8 Å². The van der Waals surface area contributed by atoms with Crippen LogP contribution >= 0.6 is 0 Å². The zero-order chi connectivity index (χ0) is 19.7. The number of hydrogen-bond donors (Lipinski definition) is 2. The molecule has 1 saturated heterocycles. The maximum atomic E-state index is 12.9. The van der Waals surface area contributed by atoms with Crippen LogP contribution in [0.5, 0.6) is 0 Å². The lowest BCUT2D eigenvalue weighted by molar-refractivity contribution is -0.181. The van der Waals surface area contributed by atoms with Crippen molar-refractivity contribution in [3.8, 4) is 0 Å². The average Bonchev–Trinajstić information content (AvgIpc) is 2.57. The zero-order valence-corrected chi connectivity index (χ0v) is 16.5. The molecular weight excluding hydrogens is 345 g/mol. The lowest BCUT2D eigenvalue weighted by Gasteiger charge is -2.39. The Morgan fingerprint density at radius 1 is 1.15 bits per heavy atom. The fourth-order valence-corrected chi connectivity index (χ4v) is 3.30. The summed E-state index contributed by atoms with van der Waals surface area (Å²) >= 11 is 0. The molecule has 1 aliphatic heterocycles. The first-order valence-electron chi connectivity index (χ1n) is 9.63. The molecule has 26 heavy (non-hydrogen) atoms. The van der Waals surface area contributed by atoms with Gasteiger partial charge in [0.25, 0.3) is 0 Å². The van der Waals surface area contributed by atoms with Crippen molar-refractivity contribution in [2.45, 2.75) is 52.8 Å². The van der Waals surface area contributed by atoms with Crippen LogP contribution in [0.1, 0.15) is 40.5 Å². The highest BCUT2D eigenvalue weighted by Crippen LogP contribution is 2.25. The lowest BCUT2D eigenvalue weighted by Crippen LogP contribution is -2.56. The van der Waals surface area contributed by atoms with Crippen LogP contribution in [0.2, 0.25) is 0 Å². The SMILES string of the molecule is CCNC(=NCC(CCO)CC(C)C)N1CCN(C(C)C(F)(F)F)CC1. The molecular formula is C18H35F3N4O. The molecule has 0 saturated carbocycles. The van der Waals surface area contributed by atoms with Crippen molar-refractivity contribution in [1.29, 1.82) is 0 Å². The number of nitrogens with one attached hydrogen (secondary N) is 1. The smallest absolute Gasteiger partial charge is 0.396 e. The molecule has 1 aliphatic rings. The maximum absolute atomic E-state index is 12.9. The number of aliphatic hydroxyl groups excluding tert-OH is 1. The molecule has 0 spiro atoms. The van der Waals surface area contributed by atoms with Crippen molar-refractivity contribution < 1.29 is 18.3 Å². The summed E-state index contributed by atoms with van der Waals surface area (Å²) in [7, 11) is 0. The molecule has 0 radical (unpaired) electrons. The number of aliphatic hydroxyl groups is 1. The number of aliphatic imine (C=N–C) groups is 1. The fraction of sp³-hybridized carbons (Fsp3) is 0.944. The molecule has 2 atom stereocenters. The molecule has 1 heterocycles. The number of rotatable bonds is 8. The second-order valence-electron chi connectivity index (χ2n) is 7.44. The Kier molecular flexibility index (Phi) is 9.71. The van der Waals surface area contributed by atoms with E-state index in [1.165, 1.54) is 11.8 Å². The van der Waals surface area contributed by atoms with Crippen molar-refractivity contribution in [3.05, 3.63) is 0 Å². The number of guanidine groups is 1. The summed E-state index contributed by atoms with van der Waals surface area (Å²) in [6.07, 6.45) is -2.46. The normalized spacial score (nSPS) is 19.7. The summed E-state index contributed by atoms with van der Waals surface area (Å²) in [4.78, 5) is 8.22. The van der Waals surface area contributed by atoms with Crippen LogP contribution < -0.4 is 5.32 Å². The Labute approximate surface area is 155 Å². The van der Waals surface area contributed by atoms with Crippen LogP contribution in [0.25, 0.3) is 0 Å². The third-order valence-electron chi connectivity index (χ3n) is 4.81. The molecule has 0 aromatic heterocycles. The molecule has 0 aromatic rings. The highest BCUT2D eigenvalue weighted by atomic mass is 19.4. The molecule has 1 fully saturated rings. The quantitative estimate of drug-likeness (QED) is 0.502. The maximum Gasteiger partial charge on any atom is 0.403 e. The Balaban J connectivity index is 2.67. The molecule has 2 unspecified atom stereocenters. The van der Waals surface area contributed by atoms with Crippen molar-refractivity contribution in [2.24, 2.45) is 16.8 Å². The van der Waals surface area contributed by atoms with E-state index in [4.69, 9.17) is 4.99 Å². The minimum absolute atomic E-state index is 0.150. The van der Waals surface area contributed by atoms with E-state index in [1.54, 1.807) is 0 Å². The number of piperazine rings is 1. The third-order valence-corrected chi connectivity index (χ3v) is 4.81. The van der Waals surface area contributed by atoms with Crippen molar-refractivity contribution in [1.82, 2.24) is 15.1 Å². The van der Waals surface area contributed by atoms with E-state index in [0.717, 1.165) is 18.8 Å². The van der Waals surface area contributed by atoms with Crippen molar-refractivity contribution in [2.75, 3.05) is 45.9 Å². The van der Waals surface area contributed by atoms with Gasteiger partial charge in [-0.15, -0.1) is 0 Å². The van der Waals surface area contributed by atoms with Gasteiger partial charge >= 0.3 is 6.18 Å². The molecule has 0 amide bonds. The lowest BCUT2D eigenvalue weighted by atomic mass is 9.94. The molecule has 5 nitrogen and oxygen atoms in total. The molecule has 0 bridgehead atoms. The van der Waals surface area contributed by atoms with Crippen molar-refractivity contribution >= 4 is 5.96 Å². The summed E-state index contributed by atoms with van der Waals surface area (Å²) in [5, 5.41) is 12.5. The van der Waals surface area contributed by atoms with E-state index in [2.05, 4.69) is 19.2 Å². The molecule has 0 aliphatic carbocycles. The third kappa shape index (κ3) is 7.70. The van der Waals surface area contributed by atoms with Gasteiger partial charge in [-0.2, -0.15) is 13.2 Å². The Morgan fingerprint density at radius 2 is 1.77 bits per heavy atom. The van der Waals surface area contributed by atoms with Gasteiger partial charge in [0.2, 0.25) is 0 Å². The summed E-state index contributed by atoms with van der Waals surface area (Å²) in [6.45, 7) is 10.8. The molecule has 1 rings (SSSR count). The van der Waals surface area contributed by atoms with Crippen LogP contribution in [0.3, 0.4) is 0 Å². The minimum atomic E-state index is -4.19. The first kappa shape index (κ1) is 23.0. The number of hydrogen-bond acceptors (Lipinski definition) is 3. The Bertz CT molecular complexity index is 421. The monoisotopic (exact) mass is 380 g/mol. The molecule has 2 N–H and O–H groups in total. The van der Waals surface area contributed by atoms with Gasteiger partial charge in [-0.1, -0.05) is 13.8 Å². The van der Waals surface area contributed by atoms with Crippen LogP contribution in [-0.2, 0) is 0 Å². The van der Waals surface area contributed by atoms with Gasteiger partial charge in [0.1, 0.15) is 6.04 Å². The minimum Gasteiger partial charge on any atom is -0.396 e. The Morgan fingerprint density at radius 3 is 2.23 bits per heavy atom. The predicted octanol–water partition coefficient (Wildman–Crippen LogP) is 2.57. The second kappa shape index (κ2) is 11.0.